The van der Waals surface area contributed by atoms with Crippen LogP contribution in [0.3, 0.4) is 0 Å². The lowest BCUT2D eigenvalue weighted by Gasteiger charge is -2.30. The molecular weight excluding hydrogens is 434 g/mol. The monoisotopic (exact) mass is 465 g/mol. The summed E-state index contributed by atoms with van der Waals surface area (Å²) in [4.78, 5) is 28.6. The molecule has 2 aromatic heterocycles. The van der Waals surface area contributed by atoms with Gasteiger partial charge in [-0.05, 0) is 69.8 Å². The molecule has 1 aliphatic rings. The highest BCUT2D eigenvalue weighted by Crippen LogP contribution is 2.23. The number of nitrogens with zero attached hydrogens (tertiary/aromatic N) is 3. The minimum absolute atomic E-state index is 0.0289. The zero-order chi connectivity index (χ0) is 23.2. The van der Waals surface area contributed by atoms with E-state index in [1.54, 1.807) is 11.3 Å². The van der Waals surface area contributed by atoms with Crippen molar-refractivity contribution in [2.45, 2.75) is 33.1 Å². The average Bonchev–Trinajstić information content (AvgIpc) is 3.44. The molecule has 0 atom stereocenters. The van der Waals surface area contributed by atoms with Gasteiger partial charge in [0.15, 0.2) is 0 Å². The first kappa shape index (κ1) is 23.2. The number of benzene rings is 1. The molecule has 1 fully saturated rings. The van der Waals surface area contributed by atoms with Crippen molar-refractivity contribution in [2.24, 2.45) is 5.92 Å². The van der Waals surface area contributed by atoms with Crippen LogP contribution in [0, 0.1) is 19.8 Å². The Labute approximate surface area is 198 Å². The third kappa shape index (κ3) is 5.89. The van der Waals surface area contributed by atoms with Gasteiger partial charge in [-0.15, -0.1) is 11.3 Å². The Bertz CT molecular complexity index is 1070. The van der Waals surface area contributed by atoms with Crippen molar-refractivity contribution < 1.29 is 9.59 Å². The van der Waals surface area contributed by atoms with Gasteiger partial charge in [-0.1, -0.05) is 24.3 Å². The predicted octanol–water partition coefficient (Wildman–Crippen LogP) is 3.56. The van der Waals surface area contributed by atoms with Crippen molar-refractivity contribution in [2.75, 3.05) is 31.5 Å². The van der Waals surface area contributed by atoms with Crippen molar-refractivity contribution in [3.63, 3.8) is 0 Å². The van der Waals surface area contributed by atoms with E-state index in [0.717, 1.165) is 55.1 Å². The fourth-order valence-corrected chi connectivity index (χ4v) is 5.00. The summed E-state index contributed by atoms with van der Waals surface area (Å²) in [7, 11) is 0. The molecule has 0 aliphatic carbocycles. The van der Waals surface area contributed by atoms with E-state index < -0.39 is 0 Å². The number of likely N-dealkylation sites (tertiary alicyclic amines) is 1. The minimum atomic E-state index is -0.0485. The van der Waals surface area contributed by atoms with Gasteiger partial charge in [-0.25, -0.2) is 4.68 Å². The molecule has 7 nitrogen and oxygen atoms in total. The summed E-state index contributed by atoms with van der Waals surface area (Å²) in [6, 6.07) is 14.0. The predicted molar refractivity (Wildman–Crippen MR) is 132 cm³/mol. The third-order valence-electron chi connectivity index (χ3n) is 6.13. The molecule has 3 aromatic rings. The number of amides is 2. The largest absolute Gasteiger partial charge is 0.355 e. The summed E-state index contributed by atoms with van der Waals surface area (Å²) in [6.07, 6.45) is 2.44. The number of nitrogens with one attached hydrogen (secondary N) is 2. The van der Waals surface area contributed by atoms with Gasteiger partial charge in [0.05, 0.1) is 29.3 Å². The molecule has 8 heteroatoms. The van der Waals surface area contributed by atoms with Gasteiger partial charge in [-0.3, -0.25) is 14.5 Å². The number of carbonyl (C=O) groups excluding carboxylic acids is 2. The highest BCUT2D eigenvalue weighted by atomic mass is 32.1. The van der Waals surface area contributed by atoms with Crippen molar-refractivity contribution in [1.29, 1.82) is 0 Å². The van der Waals surface area contributed by atoms with Gasteiger partial charge >= 0.3 is 0 Å². The van der Waals surface area contributed by atoms with Crippen LogP contribution in [0.4, 0.5) is 5.69 Å². The fourth-order valence-electron chi connectivity index (χ4n) is 4.29. The number of anilines is 1. The zero-order valence-corrected chi connectivity index (χ0v) is 20.0. The van der Waals surface area contributed by atoms with Gasteiger partial charge in [0, 0.05) is 17.3 Å². The van der Waals surface area contributed by atoms with Crippen LogP contribution in [0.5, 0.6) is 0 Å². The van der Waals surface area contributed by atoms with Crippen molar-refractivity contribution in [3.8, 4) is 5.69 Å². The minimum Gasteiger partial charge on any atom is -0.355 e. The Balaban J connectivity index is 1.23. The van der Waals surface area contributed by atoms with E-state index in [1.807, 2.05) is 54.9 Å². The van der Waals surface area contributed by atoms with Gasteiger partial charge in [0.1, 0.15) is 0 Å². The normalized spacial score (nSPS) is 14.8. The Morgan fingerprint density at radius 1 is 1.09 bits per heavy atom. The summed E-state index contributed by atoms with van der Waals surface area (Å²) in [6.45, 7) is 6.37. The molecule has 2 amide bonds. The van der Waals surface area contributed by atoms with Crippen LogP contribution in [-0.2, 0) is 16.0 Å². The van der Waals surface area contributed by atoms with Crippen LogP contribution in [-0.4, -0.2) is 52.7 Å². The van der Waals surface area contributed by atoms with E-state index in [0.29, 0.717) is 13.1 Å². The summed E-state index contributed by atoms with van der Waals surface area (Å²) < 4.78 is 1.85. The van der Waals surface area contributed by atoms with Gasteiger partial charge in [-0.2, -0.15) is 5.10 Å². The summed E-state index contributed by atoms with van der Waals surface area (Å²) in [5.41, 5.74) is 3.44. The number of hydrogen-bond donors (Lipinski definition) is 2. The first-order valence-electron chi connectivity index (χ1n) is 11.4. The molecule has 0 saturated carbocycles. The van der Waals surface area contributed by atoms with Crippen LogP contribution < -0.4 is 10.6 Å². The number of aromatic nitrogens is 2. The van der Waals surface area contributed by atoms with Crippen LogP contribution in [0.2, 0.25) is 0 Å². The Kier molecular flexibility index (Phi) is 7.57. The quantitative estimate of drug-likeness (QED) is 0.533. The maximum atomic E-state index is 12.7. The maximum Gasteiger partial charge on any atom is 0.238 e. The SMILES string of the molecule is Cc1nn(-c2ccccc2)c(C)c1NC(=O)CN1CCC(C(=O)NCCc2cccs2)CC1. The number of carbonyl (C=O) groups is 2. The lowest BCUT2D eigenvalue weighted by atomic mass is 9.96. The second kappa shape index (κ2) is 10.8. The molecule has 0 spiro atoms. The number of thiophene rings is 1. The number of rotatable bonds is 8. The van der Waals surface area contributed by atoms with Crippen molar-refractivity contribution >= 4 is 28.8 Å². The van der Waals surface area contributed by atoms with Crippen molar-refractivity contribution in [3.05, 3.63) is 64.1 Å². The molecule has 1 aromatic carbocycles. The molecule has 0 bridgehead atoms. The molecule has 0 radical (unpaired) electrons. The molecule has 2 N–H and O–H groups in total. The summed E-state index contributed by atoms with van der Waals surface area (Å²) in [5, 5.41) is 12.8. The van der Waals surface area contributed by atoms with Gasteiger partial charge in [0.2, 0.25) is 11.8 Å². The third-order valence-corrected chi connectivity index (χ3v) is 7.07. The molecule has 4 rings (SSSR count). The average molecular weight is 466 g/mol. The van der Waals surface area contributed by atoms with E-state index in [4.69, 9.17) is 0 Å². The van der Waals surface area contributed by atoms with E-state index >= 15 is 0 Å². The van der Waals surface area contributed by atoms with E-state index in [-0.39, 0.29) is 17.7 Å². The smallest absolute Gasteiger partial charge is 0.238 e. The standard InChI is InChI=1S/C25H31N5O2S/c1-18-24(19(2)30(28-18)21-7-4-3-5-8-21)27-23(31)17-29-14-11-20(12-15-29)25(32)26-13-10-22-9-6-16-33-22/h3-9,16,20H,10-15,17H2,1-2H3,(H,26,32)(H,27,31). The number of hydrogen-bond acceptors (Lipinski definition) is 5. The zero-order valence-electron chi connectivity index (χ0n) is 19.2. The van der Waals surface area contributed by atoms with E-state index in [9.17, 15) is 9.59 Å². The first-order valence-corrected chi connectivity index (χ1v) is 12.3. The highest BCUT2D eigenvalue weighted by molar-refractivity contribution is 7.09. The molecule has 33 heavy (non-hydrogen) atoms. The number of para-hydroxylation sites is 1. The highest BCUT2D eigenvalue weighted by Gasteiger charge is 2.26. The van der Waals surface area contributed by atoms with Crippen LogP contribution in [0.25, 0.3) is 5.69 Å². The van der Waals surface area contributed by atoms with Crippen molar-refractivity contribution in [1.82, 2.24) is 20.0 Å². The molecule has 3 heterocycles. The maximum absolute atomic E-state index is 12.7. The molecule has 1 aliphatic heterocycles. The molecule has 174 valence electrons. The number of piperidine rings is 1. The first-order chi connectivity index (χ1) is 16.0. The second-order valence-corrected chi connectivity index (χ2v) is 9.54. The van der Waals surface area contributed by atoms with E-state index in [1.165, 1.54) is 4.88 Å². The van der Waals surface area contributed by atoms with Crippen LogP contribution >= 0.6 is 11.3 Å². The lowest BCUT2D eigenvalue weighted by Crippen LogP contribution is -2.43. The molecule has 1 saturated heterocycles. The van der Waals surface area contributed by atoms with E-state index in [2.05, 4.69) is 32.1 Å². The fraction of sp³-hybridized carbons (Fsp3) is 0.400. The van der Waals surface area contributed by atoms with Crippen LogP contribution in [0.15, 0.2) is 47.8 Å². The van der Waals surface area contributed by atoms with Gasteiger partial charge < -0.3 is 10.6 Å². The molecule has 0 unspecified atom stereocenters. The Hall–Kier alpha value is -2.97. The molecular formula is C25H31N5O2S. The Morgan fingerprint density at radius 3 is 2.55 bits per heavy atom. The second-order valence-electron chi connectivity index (χ2n) is 8.51. The van der Waals surface area contributed by atoms with Crippen LogP contribution in [0.1, 0.15) is 29.1 Å². The Morgan fingerprint density at radius 2 is 1.85 bits per heavy atom. The topological polar surface area (TPSA) is 79.3 Å². The summed E-state index contributed by atoms with van der Waals surface area (Å²) >= 11 is 1.72. The number of aryl methyl sites for hydroxylation is 1. The summed E-state index contributed by atoms with van der Waals surface area (Å²) in [5.74, 6) is 0.115. The lowest BCUT2D eigenvalue weighted by molar-refractivity contribution is -0.126. The van der Waals surface area contributed by atoms with Gasteiger partial charge in [0.25, 0.3) is 0 Å².